The molecule has 0 aliphatic carbocycles. The molecule has 3 aromatic rings. The average Bonchev–Trinajstić information content (AvgIpc) is 3.29. The van der Waals surface area contributed by atoms with Crippen LogP contribution in [0.25, 0.3) is 11.0 Å². The van der Waals surface area contributed by atoms with Gasteiger partial charge in [-0.15, -0.1) is 0 Å². The fourth-order valence-electron chi connectivity index (χ4n) is 5.04. The van der Waals surface area contributed by atoms with Crippen LogP contribution < -0.4 is 10.6 Å². The van der Waals surface area contributed by atoms with E-state index in [0.29, 0.717) is 30.4 Å². The molecule has 0 radical (unpaired) electrons. The summed E-state index contributed by atoms with van der Waals surface area (Å²) in [6.45, 7) is 2.85. The third-order valence-corrected chi connectivity index (χ3v) is 6.42. The topological polar surface area (TPSA) is 118 Å². The summed E-state index contributed by atoms with van der Waals surface area (Å²) >= 11 is 0. The number of hydrogen-bond donors (Lipinski definition) is 3. The van der Waals surface area contributed by atoms with Crippen LogP contribution in [0.15, 0.2) is 24.5 Å². The summed E-state index contributed by atoms with van der Waals surface area (Å²) in [5, 5.41) is 23.2. The van der Waals surface area contributed by atoms with Crippen molar-refractivity contribution in [2.75, 3.05) is 17.2 Å². The van der Waals surface area contributed by atoms with E-state index in [0.717, 1.165) is 54.2 Å². The molecule has 3 aromatic heterocycles. The van der Waals surface area contributed by atoms with Gasteiger partial charge in [0.2, 0.25) is 0 Å². The molecule has 3 atom stereocenters. The highest BCUT2D eigenvalue weighted by Gasteiger charge is 2.37. The third kappa shape index (κ3) is 4.16. The maximum Gasteiger partial charge on any atom is 0.156 e. The minimum absolute atomic E-state index is 0.320. The van der Waals surface area contributed by atoms with E-state index in [9.17, 15) is 0 Å². The molecule has 0 aromatic carbocycles. The molecule has 5 rings (SSSR count). The first-order valence-electron chi connectivity index (χ1n) is 11.0. The van der Waals surface area contributed by atoms with E-state index in [1.165, 1.54) is 12.8 Å². The zero-order chi connectivity index (χ0) is 21.2. The van der Waals surface area contributed by atoms with Crippen LogP contribution in [0.4, 0.5) is 17.5 Å². The molecule has 31 heavy (non-hydrogen) atoms. The fraction of sp³-hybridized carbons (Fsp3) is 0.500. The number of H-pyrrole nitrogens is 1. The van der Waals surface area contributed by atoms with E-state index in [-0.39, 0.29) is 0 Å². The van der Waals surface area contributed by atoms with Crippen molar-refractivity contribution in [1.82, 2.24) is 30.0 Å². The minimum Gasteiger partial charge on any atom is -0.365 e. The predicted octanol–water partition coefficient (Wildman–Crippen LogP) is 3.51. The van der Waals surface area contributed by atoms with Gasteiger partial charge in [-0.05, 0) is 39.0 Å². The van der Waals surface area contributed by atoms with Gasteiger partial charge in [0.1, 0.15) is 11.3 Å². The number of aryl methyl sites for hydroxylation is 1. The first-order valence-corrected chi connectivity index (χ1v) is 11.0. The van der Waals surface area contributed by atoms with Crippen LogP contribution in [0.3, 0.4) is 0 Å². The largest absolute Gasteiger partial charge is 0.365 e. The maximum atomic E-state index is 9.02. The summed E-state index contributed by atoms with van der Waals surface area (Å²) in [7, 11) is 0. The van der Waals surface area contributed by atoms with Crippen LogP contribution in [0, 0.1) is 18.3 Å². The van der Waals surface area contributed by atoms with Gasteiger partial charge in [0.15, 0.2) is 11.6 Å². The van der Waals surface area contributed by atoms with Crippen molar-refractivity contribution in [3.8, 4) is 6.07 Å². The Balaban J connectivity index is 1.39. The van der Waals surface area contributed by atoms with Crippen molar-refractivity contribution in [2.24, 2.45) is 0 Å². The Kier molecular flexibility index (Phi) is 5.38. The number of aromatic nitrogens is 5. The summed E-state index contributed by atoms with van der Waals surface area (Å²) in [5.74, 6) is 2.17. The molecule has 2 fully saturated rings. The van der Waals surface area contributed by atoms with Crippen molar-refractivity contribution in [3.63, 3.8) is 0 Å². The lowest BCUT2D eigenvalue weighted by molar-refractivity contribution is 0.198. The summed E-state index contributed by atoms with van der Waals surface area (Å²) in [5.41, 5.74) is 2.55. The Hall–Kier alpha value is -3.25. The van der Waals surface area contributed by atoms with Gasteiger partial charge in [-0.25, -0.2) is 9.97 Å². The zero-order valence-corrected chi connectivity index (χ0v) is 17.7. The van der Waals surface area contributed by atoms with Gasteiger partial charge in [-0.3, -0.25) is 15.0 Å². The van der Waals surface area contributed by atoms with E-state index in [1.807, 2.05) is 19.1 Å². The van der Waals surface area contributed by atoms with Crippen LogP contribution in [0.1, 0.15) is 44.2 Å². The van der Waals surface area contributed by atoms with Gasteiger partial charge < -0.3 is 10.6 Å². The number of anilines is 3. The van der Waals surface area contributed by atoms with Gasteiger partial charge in [0.05, 0.1) is 11.6 Å². The van der Waals surface area contributed by atoms with E-state index in [1.54, 1.807) is 12.4 Å². The van der Waals surface area contributed by atoms with Crippen molar-refractivity contribution in [1.29, 1.82) is 5.26 Å². The second kappa shape index (κ2) is 8.47. The molecule has 0 amide bonds. The Labute approximate surface area is 181 Å². The molecule has 160 valence electrons. The second-order valence-electron chi connectivity index (χ2n) is 8.53. The first kappa shape index (κ1) is 19.7. The van der Waals surface area contributed by atoms with E-state index >= 15 is 0 Å². The standard InChI is InChI=1S/C22H27N9/c1-14-11-20(30-29-14)27-19-13-18-21(25-9-8-24-18)22(28-19)26-15-3-4-16-5-6-17(12-15)31(16)10-2-7-23/h8-9,11,13,15-17H,2-6,10,12H2,1H3,(H3,26,27,28,29,30)/t15-,16?,17+/m1/s1. The molecule has 2 saturated heterocycles. The van der Waals surface area contributed by atoms with Gasteiger partial charge in [-0.2, -0.15) is 10.4 Å². The lowest BCUT2D eigenvalue weighted by atomic mass is 9.97. The van der Waals surface area contributed by atoms with Gasteiger partial charge >= 0.3 is 0 Å². The molecule has 0 saturated carbocycles. The molecule has 3 N–H and O–H groups in total. The van der Waals surface area contributed by atoms with Crippen LogP contribution in [-0.4, -0.2) is 54.7 Å². The van der Waals surface area contributed by atoms with Gasteiger partial charge in [0.25, 0.3) is 0 Å². The zero-order valence-electron chi connectivity index (χ0n) is 17.7. The van der Waals surface area contributed by atoms with Crippen molar-refractivity contribution < 1.29 is 0 Å². The molecule has 1 unspecified atom stereocenters. The highest BCUT2D eigenvalue weighted by Crippen LogP contribution is 2.36. The molecule has 2 bridgehead atoms. The summed E-state index contributed by atoms with van der Waals surface area (Å²) in [4.78, 5) is 16.4. The Morgan fingerprint density at radius 1 is 1.13 bits per heavy atom. The normalized spacial score (nSPS) is 23.4. The number of nitrogens with one attached hydrogen (secondary N) is 3. The summed E-state index contributed by atoms with van der Waals surface area (Å²) in [6, 6.07) is 7.60. The number of fused-ring (bicyclic) bond motifs is 3. The molecule has 9 nitrogen and oxygen atoms in total. The molecular weight excluding hydrogens is 390 g/mol. The minimum atomic E-state index is 0.320. The van der Waals surface area contributed by atoms with Crippen molar-refractivity contribution in [3.05, 3.63) is 30.2 Å². The fourth-order valence-corrected chi connectivity index (χ4v) is 5.04. The van der Waals surface area contributed by atoms with Crippen LogP contribution in [-0.2, 0) is 0 Å². The number of nitrogens with zero attached hydrogens (tertiary/aromatic N) is 6. The number of rotatable bonds is 6. The molecular formula is C22H27N9. The third-order valence-electron chi connectivity index (χ3n) is 6.42. The Morgan fingerprint density at radius 2 is 1.97 bits per heavy atom. The lowest BCUT2D eigenvalue weighted by Gasteiger charge is -2.27. The second-order valence-corrected chi connectivity index (χ2v) is 8.53. The van der Waals surface area contributed by atoms with Crippen LogP contribution in [0.2, 0.25) is 0 Å². The number of hydrogen-bond acceptors (Lipinski definition) is 8. The van der Waals surface area contributed by atoms with Crippen LogP contribution >= 0.6 is 0 Å². The number of nitriles is 1. The Bertz CT molecular complexity index is 1100. The van der Waals surface area contributed by atoms with Crippen molar-refractivity contribution >= 4 is 28.5 Å². The quantitative estimate of drug-likeness (QED) is 0.557. The molecule has 0 spiro atoms. The first-order chi connectivity index (χ1) is 15.2. The molecule has 2 aliphatic rings. The van der Waals surface area contributed by atoms with Gasteiger partial charge in [0, 0.05) is 61.3 Å². The van der Waals surface area contributed by atoms with E-state index < -0.39 is 0 Å². The maximum absolute atomic E-state index is 9.02. The number of aromatic amines is 1. The van der Waals surface area contributed by atoms with E-state index in [4.69, 9.17) is 10.2 Å². The highest BCUT2D eigenvalue weighted by atomic mass is 15.2. The number of pyridine rings is 1. The lowest BCUT2D eigenvalue weighted by Crippen LogP contribution is -2.36. The highest BCUT2D eigenvalue weighted by molar-refractivity contribution is 5.88. The predicted molar refractivity (Wildman–Crippen MR) is 119 cm³/mol. The molecule has 9 heteroatoms. The SMILES string of the molecule is Cc1cc(Nc2cc3nccnc3c(N[C@@H]3CCC4CC[C@@H](C3)N4CCC#N)n2)n[nH]1. The monoisotopic (exact) mass is 417 g/mol. The van der Waals surface area contributed by atoms with Crippen molar-refractivity contribution in [2.45, 2.75) is 63.6 Å². The van der Waals surface area contributed by atoms with Gasteiger partial charge in [-0.1, -0.05) is 0 Å². The summed E-state index contributed by atoms with van der Waals surface area (Å²) in [6.07, 6.45) is 9.76. The average molecular weight is 418 g/mol. The van der Waals surface area contributed by atoms with E-state index in [2.05, 4.69) is 41.8 Å². The smallest absolute Gasteiger partial charge is 0.156 e. The molecule has 2 aliphatic heterocycles. The van der Waals surface area contributed by atoms with Crippen LogP contribution in [0.5, 0.6) is 0 Å². The summed E-state index contributed by atoms with van der Waals surface area (Å²) < 4.78 is 0. The molecule has 5 heterocycles. The Morgan fingerprint density at radius 3 is 2.81 bits per heavy atom.